The van der Waals surface area contributed by atoms with Crippen molar-refractivity contribution in [3.05, 3.63) is 70.6 Å². The van der Waals surface area contributed by atoms with E-state index in [-0.39, 0.29) is 5.91 Å². The van der Waals surface area contributed by atoms with E-state index in [9.17, 15) is 4.79 Å². The number of nitrogens with one attached hydrogen (secondary N) is 1. The molecule has 1 heterocycles. The standard InChI is InChI=1S/C22H22N2O2S/c1-4-26-19-12-7-17(8-13-19)9-14-20(25)23-22-24-21(16(3)27-22)18-10-5-15(2)6-11-18/h5-14H,4H2,1-3H3,(H,23,24,25). The fourth-order valence-corrected chi connectivity index (χ4v) is 3.43. The van der Waals surface area contributed by atoms with Crippen molar-refractivity contribution in [3.8, 4) is 17.0 Å². The van der Waals surface area contributed by atoms with Gasteiger partial charge in [0.2, 0.25) is 5.91 Å². The first-order valence-corrected chi connectivity index (χ1v) is 9.63. The Morgan fingerprint density at radius 3 is 2.48 bits per heavy atom. The third kappa shape index (κ3) is 5.05. The molecule has 0 saturated carbocycles. The van der Waals surface area contributed by atoms with Gasteiger partial charge in [0, 0.05) is 16.5 Å². The number of hydrogen-bond donors (Lipinski definition) is 1. The Labute approximate surface area is 163 Å². The van der Waals surface area contributed by atoms with E-state index in [1.807, 2.05) is 38.1 Å². The van der Waals surface area contributed by atoms with Gasteiger partial charge in [-0.25, -0.2) is 4.98 Å². The molecule has 2 aromatic carbocycles. The molecule has 0 atom stereocenters. The SMILES string of the molecule is CCOc1ccc(C=CC(=O)Nc2nc(-c3ccc(C)cc3)c(C)s2)cc1. The fourth-order valence-electron chi connectivity index (χ4n) is 2.59. The molecule has 1 N–H and O–H groups in total. The summed E-state index contributed by atoms with van der Waals surface area (Å²) in [4.78, 5) is 17.8. The minimum absolute atomic E-state index is 0.201. The van der Waals surface area contributed by atoms with Crippen LogP contribution < -0.4 is 10.1 Å². The lowest BCUT2D eigenvalue weighted by molar-refractivity contribution is -0.111. The molecule has 0 saturated heterocycles. The van der Waals surface area contributed by atoms with Gasteiger partial charge < -0.3 is 4.74 Å². The van der Waals surface area contributed by atoms with Crippen molar-refractivity contribution in [2.75, 3.05) is 11.9 Å². The molecule has 1 amide bonds. The zero-order valence-corrected chi connectivity index (χ0v) is 16.5. The van der Waals surface area contributed by atoms with Crippen molar-refractivity contribution < 1.29 is 9.53 Å². The summed E-state index contributed by atoms with van der Waals surface area (Å²) in [6, 6.07) is 15.8. The molecule has 0 aliphatic carbocycles. The number of ether oxygens (including phenoxy) is 1. The number of hydrogen-bond acceptors (Lipinski definition) is 4. The number of aromatic nitrogens is 1. The number of nitrogens with zero attached hydrogens (tertiary/aromatic N) is 1. The molecule has 0 aliphatic rings. The van der Waals surface area contributed by atoms with Crippen LogP contribution in [0.25, 0.3) is 17.3 Å². The molecule has 4 nitrogen and oxygen atoms in total. The summed E-state index contributed by atoms with van der Waals surface area (Å²) in [7, 11) is 0. The van der Waals surface area contributed by atoms with E-state index in [0.717, 1.165) is 27.4 Å². The predicted octanol–water partition coefficient (Wildman–Crippen LogP) is 5.48. The molecular weight excluding hydrogens is 356 g/mol. The van der Waals surface area contributed by atoms with E-state index < -0.39 is 0 Å². The summed E-state index contributed by atoms with van der Waals surface area (Å²) < 4.78 is 5.41. The Balaban J connectivity index is 1.65. The van der Waals surface area contributed by atoms with Crippen LogP contribution in [0.15, 0.2) is 54.6 Å². The molecule has 0 fully saturated rings. The number of aryl methyl sites for hydroxylation is 2. The number of anilines is 1. The van der Waals surface area contributed by atoms with Crippen LogP contribution in [0.1, 0.15) is 22.9 Å². The van der Waals surface area contributed by atoms with Gasteiger partial charge in [-0.3, -0.25) is 10.1 Å². The van der Waals surface area contributed by atoms with Crippen molar-refractivity contribution in [2.45, 2.75) is 20.8 Å². The smallest absolute Gasteiger partial charge is 0.250 e. The van der Waals surface area contributed by atoms with Gasteiger partial charge >= 0.3 is 0 Å². The summed E-state index contributed by atoms with van der Waals surface area (Å²) >= 11 is 1.48. The van der Waals surface area contributed by atoms with Gasteiger partial charge in [0.25, 0.3) is 0 Å². The topological polar surface area (TPSA) is 51.2 Å². The lowest BCUT2D eigenvalue weighted by Gasteiger charge is -2.02. The van der Waals surface area contributed by atoms with Crippen LogP contribution in [0.4, 0.5) is 5.13 Å². The van der Waals surface area contributed by atoms with Gasteiger partial charge in [0.15, 0.2) is 5.13 Å². The summed E-state index contributed by atoms with van der Waals surface area (Å²) in [6.45, 7) is 6.65. The van der Waals surface area contributed by atoms with E-state index in [1.54, 1.807) is 6.08 Å². The molecular formula is C22H22N2O2S. The van der Waals surface area contributed by atoms with Crippen LogP contribution in [0.2, 0.25) is 0 Å². The van der Waals surface area contributed by atoms with Gasteiger partial charge in [0.05, 0.1) is 12.3 Å². The summed E-state index contributed by atoms with van der Waals surface area (Å²) in [6.07, 6.45) is 3.28. The number of amides is 1. The highest BCUT2D eigenvalue weighted by atomic mass is 32.1. The highest BCUT2D eigenvalue weighted by Gasteiger charge is 2.11. The molecule has 3 aromatic rings. The lowest BCUT2D eigenvalue weighted by atomic mass is 10.1. The van der Waals surface area contributed by atoms with Crippen molar-refractivity contribution >= 4 is 28.5 Å². The van der Waals surface area contributed by atoms with Gasteiger partial charge in [-0.2, -0.15) is 0 Å². The number of benzene rings is 2. The average molecular weight is 378 g/mol. The van der Waals surface area contributed by atoms with E-state index in [2.05, 4.69) is 41.5 Å². The first kappa shape index (κ1) is 18.9. The van der Waals surface area contributed by atoms with Crippen LogP contribution >= 0.6 is 11.3 Å². The second kappa shape index (κ2) is 8.64. The summed E-state index contributed by atoms with van der Waals surface area (Å²) in [5.74, 6) is 0.620. The molecule has 0 bridgehead atoms. The lowest BCUT2D eigenvalue weighted by Crippen LogP contribution is -2.07. The zero-order chi connectivity index (χ0) is 19.2. The number of thiazole rings is 1. The summed E-state index contributed by atoms with van der Waals surface area (Å²) in [5.41, 5.74) is 4.11. The Kier molecular flexibility index (Phi) is 6.04. The second-order valence-corrected chi connectivity index (χ2v) is 7.32. The van der Waals surface area contributed by atoms with Gasteiger partial charge in [-0.1, -0.05) is 42.0 Å². The van der Waals surface area contributed by atoms with E-state index in [1.165, 1.54) is 23.0 Å². The van der Waals surface area contributed by atoms with Gasteiger partial charge in [-0.15, -0.1) is 11.3 Å². The number of carbonyl (C=O) groups excluding carboxylic acids is 1. The van der Waals surface area contributed by atoms with Crippen LogP contribution in [0.5, 0.6) is 5.75 Å². The van der Waals surface area contributed by atoms with Gasteiger partial charge in [0.1, 0.15) is 5.75 Å². The van der Waals surface area contributed by atoms with Crippen LogP contribution in [-0.2, 0) is 4.79 Å². The first-order chi connectivity index (χ1) is 13.0. The monoisotopic (exact) mass is 378 g/mol. The molecule has 27 heavy (non-hydrogen) atoms. The Morgan fingerprint density at radius 1 is 1.11 bits per heavy atom. The molecule has 1 aromatic heterocycles. The average Bonchev–Trinajstić information content (AvgIpc) is 3.02. The van der Waals surface area contributed by atoms with E-state index in [0.29, 0.717) is 11.7 Å². The normalized spacial score (nSPS) is 10.9. The minimum Gasteiger partial charge on any atom is -0.494 e. The van der Waals surface area contributed by atoms with E-state index in [4.69, 9.17) is 4.74 Å². The Morgan fingerprint density at radius 2 is 1.81 bits per heavy atom. The molecule has 0 radical (unpaired) electrons. The van der Waals surface area contributed by atoms with Gasteiger partial charge in [-0.05, 0) is 44.5 Å². The van der Waals surface area contributed by atoms with Crippen molar-refractivity contribution in [3.63, 3.8) is 0 Å². The van der Waals surface area contributed by atoms with Crippen molar-refractivity contribution in [1.82, 2.24) is 4.98 Å². The molecule has 0 aliphatic heterocycles. The highest BCUT2D eigenvalue weighted by Crippen LogP contribution is 2.30. The maximum absolute atomic E-state index is 12.2. The zero-order valence-electron chi connectivity index (χ0n) is 15.7. The Bertz CT molecular complexity index is 941. The van der Waals surface area contributed by atoms with E-state index >= 15 is 0 Å². The molecule has 3 rings (SSSR count). The maximum Gasteiger partial charge on any atom is 0.250 e. The highest BCUT2D eigenvalue weighted by molar-refractivity contribution is 7.16. The summed E-state index contributed by atoms with van der Waals surface area (Å²) in [5, 5.41) is 3.44. The minimum atomic E-state index is -0.201. The Hall–Kier alpha value is -2.92. The quantitative estimate of drug-likeness (QED) is 0.578. The molecule has 0 spiro atoms. The molecule has 5 heteroatoms. The van der Waals surface area contributed by atoms with Crippen molar-refractivity contribution in [1.29, 1.82) is 0 Å². The number of rotatable bonds is 6. The number of carbonyl (C=O) groups is 1. The van der Waals surface area contributed by atoms with Crippen molar-refractivity contribution in [2.24, 2.45) is 0 Å². The fraction of sp³-hybridized carbons (Fsp3) is 0.182. The third-order valence-electron chi connectivity index (χ3n) is 3.97. The first-order valence-electron chi connectivity index (χ1n) is 8.81. The predicted molar refractivity (Wildman–Crippen MR) is 112 cm³/mol. The molecule has 0 unspecified atom stereocenters. The largest absolute Gasteiger partial charge is 0.494 e. The van der Waals surface area contributed by atoms with Crippen LogP contribution in [-0.4, -0.2) is 17.5 Å². The third-order valence-corrected chi connectivity index (χ3v) is 4.86. The van der Waals surface area contributed by atoms with Crippen LogP contribution in [0, 0.1) is 13.8 Å². The molecule has 138 valence electrons. The maximum atomic E-state index is 12.2. The van der Waals surface area contributed by atoms with Crippen LogP contribution in [0.3, 0.4) is 0 Å². The second-order valence-electron chi connectivity index (χ2n) is 6.11.